The molecular weight excluding hydrogens is 272 g/mol. The lowest BCUT2D eigenvalue weighted by Gasteiger charge is -2.11. The molecule has 0 aliphatic heterocycles. The van der Waals surface area contributed by atoms with Crippen molar-refractivity contribution in [1.82, 2.24) is 5.32 Å². The van der Waals surface area contributed by atoms with Gasteiger partial charge in [-0.25, -0.2) is 0 Å². The summed E-state index contributed by atoms with van der Waals surface area (Å²) in [5.74, 6) is 1.20. The maximum Gasteiger partial charge on any atom is 0.145 e. The molecule has 0 aliphatic rings. The highest BCUT2D eigenvalue weighted by molar-refractivity contribution is 6.30. The van der Waals surface area contributed by atoms with Crippen molar-refractivity contribution in [3.63, 3.8) is 0 Å². The normalized spacial score (nSPS) is 10.1. The third-order valence-electron chi connectivity index (χ3n) is 2.92. The first-order valence-corrected chi connectivity index (χ1v) is 6.63. The van der Waals surface area contributed by atoms with Gasteiger partial charge in [-0.1, -0.05) is 23.7 Å². The number of nitrogens with one attached hydrogen (secondary N) is 1. The van der Waals surface area contributed by atoms with E-state index in [1.165, 1.54) is 0 Å². The zero-order valence-electron chi connectivity index (χ0n) is 11.4. The fourth-order valence-electron chi connectivity index (χ4n) is 1.87. The van der Waals surface area contributed by atoms with Crippen LogP contribution in [0.5, 0.6) is 11.5 Å². The van der Waals surface area contributed by atoms with Gasteiger partial charge in [0.2, 0.25) is 0 Å². The zero-order chi connectivity index (χ0) is 14.5. The number of benzene rings is 2. The molecule has 0 atom stereocenters. The Bertz CT molecular complexity index is 662. The Kier molecular flexibility index (Phi) is 4.62. The van der Waals surface area contributed by atoms with E-state index in [4.69, 9.17) is 16.3 Å². The molecule has 1 N–H and O–H groups in total. The van der Waals surface area contributed by atoms with Gasteiger partial charge in [0.25, 0.3) is 0 Å². The first-order chi connectivity index (χ1) is 9.63. The average molecular weight is 287 g/mol. The maximum atomic E-state index is 9.24. The second kappa shape index (κ2) is 6.42. The largest absolute Gasteiger partial charge is 0.456 e. The third kappa shape index (κ3) is 3.30. The Morgan fingerprint density at radius 1 is 1.20 bits per heavy atom. The Hall–Kier alpha value is -2.02. The maximum absolute atomic E-state index is 9.24. The molecule has 2 rings (SSSR count). The van der Waals surface area contributed by atoms with Crippen LogP contribution in [0.1, 0.15) is 16.7 Å². The summed E-state index contributed by atoms with van der Waals surface area (Å²) in [5, 5.41) is 12.9. The van der Waals surface area contributed by atoms with Crippen molar-refractivity contribution in [2.75, 3.05) is 7.05 Å². The van der Waals surface area contributed by atoms with Crippen molar-refractivity contribution in [2.45, 2.75) is 13.5 Å². The molecule has 2 aromatic rings. The summed E-state index contributed by atoms with van der Waals surface area (Å²) in [4.78, 5) is 0. The molecule has 0 unspecified atom stereocenters. The minimum Gasteiger partial charge on any atom is -0.456 e. The van der Waals surface area contributed by atoms with E-state index in [2.05, 4.69) is 11.4 Å². The molecule has 0 fully saturated rings. The van der Waals surface area contributed by atoms with Crippen LogP contribution in [0.2, 0.25) is 5.02 Å². The molecule has 0 spiro atoms. The van der Waals surface area contributed by atoms with Gasteiger partial charge in [0.05, 0.1) is 5.56 Å². The molecule has 0 radical (unpaired) electrons. The van der Waals surface area contributed by atoms with Gasteiger partial charge in [0.1, 0.15) is 17.6 Å². The monoisotopic (exact) mass is 286 g/mol. The number of aryl methyl sites for hydroxylation is 1. The van der Waals surface area contributed by atoms with Gasteiger partial charge in [-0.05, 0) is 49.4 Å². The highest BCUT2D eigenvalue weighted by atomic mass is 35.5. The molecule has 3 nitrogen and oxygen atoms in total. The summed E-state index contributed by atoms with van der Waals surface area (Å²) in [5.41, 5.74) is 2.52. The van der Waals surface area contributed by atoms with Crippen molar-refractivity contribution >= 4 is 11.6 Å². The van der Waals surface area contributed by atoms with Gasteiger partial charge in [-0.3, -0.25) is 0 Å². The van der Waals surface area contributed by atoms with E-state index in [9.17, 15) is 5.26 Å². The van der Waals surface area contributed by atoms with Crippen LogP contribution < -0.4 is 10.1 Å². The van der Waals surface area contributed by atoms with Crippen molar-refractivity contribution < 1.29 is 4.74 Å². The topological polar surface area (TPSA) is 45.0 Å². The number of hydrogen-bond acceptors (Lipinski definition) is 3. The van der Waals surface area contributed by atoms with Crippen LogP contribution in [0.15, 0.2) is 36.4 Å². The second-order valence-corrected chi connectivity index (χ2v) is 4.92. The van der Waals surface area contributed by atoms with Crippen LogP contribution in [0, 0.1) is 18.3 Å². The number of nitrogens with zero attached hydrogens (tertiary/aromatic N) is 1. The highest BCUT2D eigenvalue weighted by Gasteiger charge is 2.08. The van der Waals surface area contributed by atoms with Gasteiger partial charge in [0, 0.05) is 11.6 Å². The average Bonchev–Trinajstić information content (AvgIpc) is 2.44. The minimum atomic E-state index is 0.511. The smallest absolute Gasteiger partial charge is 0.145 e. The van der Waals surface area contributed by atoms with Crippen molar-refractivity contribution in [2.24, 2.45) is 0 Å². The lowest BCUT2D eigenvalue weighted by Crippen LogP contribution is -2.05. The molecule has 0 aliphatic carbocycles. The SMILES string of the molecule is CNCc1ccc(Oc2cc(Cl)ccc2C)c(C#N)c1. The lowest BCUT2D eigenvalue weighted by molar-refractivity contribution is 0.477. The summed E-state index contributed by atoms with van der Waals surface area (Å²) >= 11 is 5.97. The zero-order valence-corrected chi connectivity index (χ0v) is 12.2. The van der Waals surface area contributed by atoms with Crippen LogP contribution in [0.4, 0.5) is 0 Å². The fourth-order valence-corrected chi connectivity index (χ4v) is 2.03. The number of hydrogen-bond donors (Lipinski definition) is 1. The highest BCUT2D eigenvalue weighted by Crippen LogP contribution is 2.30. The molecule has 4 heteroatoms. The van der Waals surface area contributed by atoms with Gasteiger partial charge < -0.3 is 10.1 Å². The van der Waals surface area contributed by atoms with E-state index in [0.29, 0.717) is 28.6 Å². The molecule has 0 aromatic heterocycles. The standard InChI is InChI=1S/C16H15ClN2O/c1-11-3-5-14(17)8-16(11)20-15-6-4-12(10-19-2)7-13(15)9-18/h3-8,19H,10H2,1-2H3. The Labute approximate surface area is 123 Å². The minimum absolute atomic E-state index is 0.511. The number of rotatable bonds is 4. The Balaban J connectivity index is 2.34. The summed E-state index contributed by atoms with van der Waals surface area (Å²) < 4.78 is 5.82. The molecule has 20 heavy (non-hydrogen) atoms. The second-order valence-electron chi connectivity index (χ2n) is 4.48. The van der Waals surface area contributed by atoms with E-state index < -0.39 is 0 Å². The Morgan fingerprint density at radius 3 is 2.70 bits per heavy atom. The molecule has 0 bridgehead atoms. The lowest BCUT2D eigenvalue weighted by atomic mass is 10.1. The van der Waals surface area contributed by atoms with E-state index in [1.54, 1.807) is 6.07 Å². The predicted octanol–water partition coefficient (Wildman–Crippen LogP) is 4.03. The number of halogens is 1. The molecule has 0 amide bonds. The summed E-state index contributed by atoms with van der Waals surface area (Å²) in [6.07, 6.45) is 0. The van der Waals surface area contributed by atoms with Crippen LogP contribution in [0.25, 0.3) is 0 Å². The van der Waals surface area contributed by atoms with Crippen molar-refractivity contribution in [1.29, 1.82) is 5.26 Å². The third-order valence-corrected chi connectivity index (χ3v) is 3.15. The van der Waals surface area contributed by atoms with Gasteiger partial charge in [-0.2, -0.15) is 5.26 Å². The fraction of sp³-hybridized carbons (Fsp3) is 0.188. The number of ether oxygens (including phenoxy) is 1. The van der Waals surface area contributed by atoms with Gasteiger partial charge >= 0.3 is 0 Å². The van der Waals surface area contributed by atoms with Gasteiger partial charge in [-0.15, -0.1) is 0 Å². The van der Waals surface area contributed by atoms with Crippen LogP contribution in [-0.2, 0) is 6.54 Å². The molecule has 0 heterocycles. The first-order valence-electron chi connectivity index (χ1n) is 6.25. The molecule has 102 valence electrons. The predicted molar refractivity (Wildman–Crippen MR) is 80.2 cm³/mol. The first kappa shape index (κ1) is 14.4. The molecule has 2 aromatic carbocycles. The van der Waals surface area contributed by atoms with E-state index >= 15 is 0 Å². The molecule has 0 saturated carbocycles. The van der Waals surface area contributed by atoms with Crippen LogP contribution >= 0.6 is 11.6 Å². The van der Waals surface area contributed by atoms with Crippen molar-refractivity contribution in [3.8, 4) is 17.6 Å². The van der Waals surface area contributed by atoms with Crippen molar-refractivity contribution in [3.05, 3.63) is 58.1 Å². The van der Waals surface area contributed by atoms with Gasteiger partial charge in [0.15, 0.2) is 0 Å². The van der Waals surface area contributed by atoms with E-state index in [0.717, 1.165) is 11.1 Å². The molecular formula is C16H15ClN2O. The summed E-state index contributed by atoms with van der Waals surface area (Å²) in [7, 11) is 1.87. The quantitative estimate of drug-likeness (QED) is 0.923. The molecule has 0 saturated heterocycles. The summed E-state index contributed by atoms with van der Waals surface area (Å²) in [6, 6.07) is 13.2. The van der Waals surface area contributed by atoms with E-state index in [-0.39, 0.29) is 0 Å². The van der Waals surface area contributed by atoms with Crippen LogP contribution in [-0.4, -0.2) is 7.05 Å². The van der Waals surface area contributed by atoms with E-state index in [1.807, 2.05) is 44.3 Å². The van der Waals surface area contributed by atoms with Crippen LogP contribution in [0.3, 0.4) is 0 Å². The number of nitriles is 1. The Morgan fingerprint density at radius 2 is 2.00 bits per heavy atom. The summed E-state index contributed by atoms with van der Waals surface area (Å²) in [6.45, 7) is 2.65.